The van der Waals surface area contributed by atoms with Gasteiger partial charge in [-0.2, -0.15) is 0 Å². The van der Waals surface area contributed by atoms with Gasteiger partial charge in [0.25, 0.3) is 0 Å². The van der Waals surface area contributed by atoms with Crippen LogP contribution in [0, 0.1) is 13.8 Å². The number of benzene rings is 1. The minimum atomic E-state index is -0.781. The van der Waals surface area contributed by atoms with Crippen LogP contribution in [0.25, 0.3) is 0 Å². The van der Waals surface area contributed by atoms with E-state index in [0.717, 1.165) is 21.2 Å². The first-order valence-corrected chi connectivity index (χ1v) is 4.91. The monoisotopic (exact) mass is 244 g/mol. The van der Waals surface area contributed by atoms with Crippen LogP contribution in [0.15, 0.2) is 16.6 Å². The molecular formula is C10H13BrO2. The Hall–Kier alpha value is -0.380. The highest BCUT2D eigenvalue weighted by atomic mass is 79.9. The number of hydrogen-bond donors (Lipinski definition) is 2. The molecule has 0 aromatic heterocycles. The van der Waals surface area contributed by atoms with Crippen molar-refractivity contribution in [2.45, 2.75) is 20.0 Å². The third-order valence-electron chi connectivity index (χ3n) is 2.15. The fourth-order valence-electron chi connectivity index (χ4n) is 1.29. The molecule has 1 atom stereocenters. The topological polar surface area (TPSA) is 40.5 Å². The lowest BCUT2D eigenvalue weighted by atomic mass is 10.0. The Morgan fingerprint density at radius 2 is 2.00 bits per heavy atom. The Bertz CT molecular complexity index is 310. The maximum atomic E-state index is 9.45. The predicted molar refractivity (Wildman–Crippen MR) is 55.7 cm³/mol. The molecule has 2 N–H and O–H groups in total. The summed E-state index contributed by atoms with van der Waals surface area (Å²) in [7, 11) is 0. The minimum absolute atomic E-state index is 0.240. The average Bonchev–Trinajstić information content (AvgIpc) is 2.13. The molecule has 3 heteroatoms. The van der Waals surface area contributed by atoms with Gasteiger partial charge in [-0.3, -0.25) is 0 Å². The Kier molecular flexibility index (Phi) is 3.47. The lowest BCUT2D eigenvalue weighted by Gasteiger charge is -2.13. The first-order chi connectivity index (χ1) is 6.07. The van der Waals surface area contributed by atoms with Crippen LogP contribution in [0.5, 0.6) is 0 Å². The quantitative estimate of drug-likeness (QED) is 0.837. The van der Waals surface area contributed by atoms with Crippen molar-refractivity contribution in [1.82, 2.24) is 0 Å². The number of aliphatic hydroxyl groups excluding tert-OH is 2. The molecule has 2 nitrogen and oxygen atoms in total. The van der Waals surface area contributed by atoms with Gasteiger partial charge in [-0.05, 0) is 30.5 Å². The van der Waals surface area contributed by atoms with E-state index in [4.69, 9.17) is 5.11 Å². The summed E-state index contributed by atoms with van der Waals surface area (Å²) in [6.45, 7) is 3.67. The van der Waals surface area contributed by atoms with E-state index in [1.807, 2.05) is 26.0 Å². The first kappa shape index (κ1) is 10.7. The van der Waals surface area contributed by atoms with Crippen LogP contribution in [0.2, 0.25) is 0 Å². The van der Waals surface area contributed by atoms with Gasteiger partial charge in [0.1, 0.15) is 6.10 Å². The Labute approximate surface area is 86.3 Å². The van der Waals surface area contributed by atoms with Crippen molar-refractivity contribution < 1.29 is 10.2 Å². The molecule has 0 bridgehead atoms. The third kappa shape index (κ3) is 2.10. The molecule has 1 aromatic rings. The summed E-state index contributed by atoms with van der Waals surface area (Å²) in [6, 6.07) is 3.77. The van der Waals surface area contributed by atoms with Gasteiger partial charge < -0.3 is 10.2 Å². The number of aryl methyl sites for hydroxylation is 1. The van der Waals surface area contributed by atoms with Crippen molar-refractivity contribution in [2.75, 3.05) is 6.61 Å². The maximum absolute atomic E-state index is 9.45. The van der Waals surface area contributed by atoms with Crippen LogP contribution in [0.4, 0.5) is 0 Å². The fraction of sp³-hybridized carbons (Fsp3) is 0.400. The van der Waals surface area contributed by atoms with Gasteiger partial charge in [0, 0.05) is 4.47 Å². The SMILES string of the molecule is Cc1ccc(C(O)CO)c(C)c1Br. The molecule has 0 spiro atoms. The van der Waals surface area contributed by atoms with E-state index >= 15 is 0 Å². The van der Waals surface area contributed by atoms with Crippen LogP contribution in [-0.2, 0) is 0 Å². The molecule has 72 valence electrons. The highest BCUT2D eigenvalue weighted by Crippen LogP contribution is 2.27. The molecule has 0 saturated carbocycles. The van der Waals surface area contributed by atoms with Crippen molar-refractivity contribution in [3.8, 4) is 0 Å². The van der Waals surface area contributed by atoms with E-state index < -0.39 is 6.10 Å². The molecule has 1 rings (SSSR count). The summed E-state index contributed by atoms with van der Waals surface area (Å²) >= 11 is 3.43. The third-order valence-corrected chi connectivity index (χ3v) is 3.37. The first-order valence-electron chi connectivity index (χ1n) is 4.12. The van der Waals surface area contributed by atoms with Crippen molar-refractivity contribution in [3.63, 3.8) is 0 Å². The molecule has 0 heterocycles. The molecule has 13 heavy (non-hydrogen) atoms. The molecule has 0 aliphatic carbocycles. The number of rotatable bonds is 2. The van der Waals surface area contributed by atoms with E-state index in [0.29, 0.717) is 0 Å². The summed E-state index contributed by atoms with van der Waals surface area (Å²) in [5.74, 6) is 0. The van der Waals surface area contributed by atoms with Gasteiger partial charge in [0.05, 0.1) is 6.61 Å². The second-order valence-electron chi connectivity index (χ2n) is 3.11. The van der Waals surface area contributed by atoms with Crippen LogP contribution < -0.4 is 0 Å². The molecule has 1 unspecified atom stereocenters. The van der Waals surface area contributed by atoms with Gasteiger partial charge in [0.2, 0.25) is 0 Å². The van der Waals surface area contributed by atoms with E-state index in [-0.39, 0.29) is 6.61 Å². The second-order valence-corrected chi connectivity index (χ2v) is 3.90. The molecule has 0 fully saturated rings. The van der Waals surface area contributed by atoms with Crippen molar-refractivity contribution in [2.24, 2.45) is 0 Å². The highest BCUT2D eigenvalue weighted by molar-refractivity contribution is 9.10. The zero-order chi connectivity index (χ0) is 10.0. The zero-order valence-electron chi connectivity index (χ0n) is 7.71. The van der Waals surface area contributed by atoms with Gasteiger partial charge in [-0.15, -0.1) is 0 Å². The summed E-state index contributed by atoms with van der Waals surface area (Å²) in [4.78, 5) is 0. The van der Waals surface area contributed by atoms with Crippen LogP contribution >= 0.6 is 15.9 Å². The van der Waals surface area contributed by atoms with Crippen LogP contribution in [-0.4, -0.2) is 16.8 Å². The molecular weight excluding hydrogens is 232 g/mol. The predicted octanol–water partition coefficient (Wildman–Crippen LogP) is 2.09. The molecule has 0 radical (unpaired) electrons. The highest BCUT2D eigenvalue weighted by Gasteiger charge is 2.11. The van der Waals surface area contributed by atoms with E-state index in [2.05, 4.69) is 15.9 Å². The Morgan fingerprint density at radius 1 is 1.38 bits per heavy atom. The second kappa shape index (κ2) is 4.22. The van der Waals surface area contributed by atoms with Crippen LogP contribution in [0.1, 0.15) is 22.8 Å². The molecule has 0 saturated heterocycles. The van der Waals surface area contributed by atoms with Gasteiger partial charge in [0.15, 0.2) is 0 Å². The van der Waals surface area contributed by atoms with Gasteiger partial charge in [-0.1, -0.05) is 28.1 Å². The summed E-state index contributed by atoms with van der Waals surface area (Å²) < 4.78 is 0.998. The smallest absolute Gasteiger partial charge is 0.102 e. The van der Waals surface area contributed by atoms with Crippen molar-refractivity contribution in [3.05, 3.63) is 33.3 Å². The summed E-state index contributed by atoms with van der Waals surface area (Å²) in [6.07, 6.45) is -0.781. The van der Waals surface area contributed by atoms with Gasteiger partial charge >= 0.3 is 0 Å². The standard InChI is InChI=1S/C10H13BrO2/c1-6-3-4-8(9(13)5-12)7(2)10(6)11/h3-4,9,12-13H,5H2,1-2H3. The van der Waals surface area contributed by atoms with Crippen molar-refractivity contribution >= 4 is 15.9 Å². The number of hydrogen-bond acceptors (Lipinski definition) is 2. The van der Waals surface area contributed by atoms with Gasteiger partial charge in [-0.25, -0.2) is 0 Å². The summed E-state index contributed by atoms with van der Waals surface area (Å²) in [5, 5.41) is 18.3. The number of aliphatic hydroxyl groups is 2. The van der Waals surface area contributed by atoms with E-state index in [9.17, 15) is 5.11 Å². The number of halogens is 1. The Balaban J connectivity index is 3.18. The lowest BCUT2D eigenvalue weighted by molar-refractivity contribution is 0.0950. The molecule has 1 aromatic carbocycles. The molecule has 0 aliphatic rings. The van der Waals surface area contributed by atoms with E-state index in [1.165, 1.54) is 0 Å². The molecule has 0 aliphatic heterocycles. The molecule has 0 amide bonds. The Morgan fingerprint density at radius 3 is 2.54 bits per heavy atom. The van der Waals surface area contributed by atoms with Crippen molar-refractivity contribution in [1.29, 1.82) is 0 Å². The minimum Gasteiger partial charge on any atom is -0.393 e. The van der Waals surface area contributed by atoms with Crippen LogP contribution in [0.3, 0.4) is 0 Å². The zero-order valence-corrected chi connectivity index (χ0v) is 9.30. The fourth-order valence-corrected chi connectivity index (χ4v) is 1.66. The largest absolute Gasteiger partial charge is 0.393 e. The maximum Gasteiger partial charge on any atom is 0.102 e. The lowest BCUT2D eigenvalue weighted by Crippen LogP contribution is -2.05. The van der Waals surface area contributed by atoms with E-state index in [1.54, 1.807) is 0 Å². The average molecular weight is 245 g/mol. The normalized spacial score (nSPS) is 13.0. The summed E-state index contributed by atoms with van der Waals surface area (Å²) in [5.41, 5.74) is 2.90.